The molecular formula is C5H8BrN3. The summed E-state index contributed by atoms with van der Waals surface area (Å²) in [5.74, 6) is 0. The van der Waals surface area contributed by atoms with Gasteiger partial charge in [-0.3, -0.25) is 0 Å². The minimum Gasteiger partial charge on any atom is -0.336 e. The van der Waals surface area contributed by atoms with Crippen LogP contribution in [-0.2, 0) is 6.54 Å². The summed E-state index contributed by atoms with van der Waals surface area (Å²) >= 11 is 3.20. The van der Waals surface area contributed by atoms with E-state index in [0.717, 1.165) is 16.1 Å². The molecule has 3 nitrogen and oxygen atoms in total. The maximum absolute atomic E-state index is 5.36. The van der Waals surface area contributed by atoms with Crippen LogP contribution in [0.2, 0.25) is 0 Å². The third-order valence-electron chi connectivity index (χ3n) is 1.15. The summed E-state index contributed by atoms with van der Waals surface area (Å²) in [4.78, 5) is 7.05. The van der Waals surface area contributed by atoms with Crippen molar-refractivity contribution in [3.63, 3.8) is 0 Å². The van der Waals surface area contributed by atoms with Gasteiger partial charge in [0.25, 0.3) is 0 Å². The van der Waals surface area contributed by atoms with Gasteiger partial charge in [-0.25, -0.2) is 4.98 Å². The molecule has 0 spiro atoms. The number of rotatable bonds is 1. The van der Waals surface area contributed by atoms with Gasteiger partial charge in [-0.15, -0.1) is 0 Å². The van der Waals surface area contributed by atoms with Crippen molar-refractivity contribution in [1.82, 2.24) is 9.97 Å². The Bertz CT molecular complexity index is 206. The monoisotopic (exact) mass is 189 g/mol. The van der Waals surface area contributed by atoms with Crippen molar-refractivity contribution >= 4 is 15.9 Å². The van der Waals surface area contributed by atoms with E-state index in [1.54, 1.807) is 0 Å². The Morgan fingerprint density at radius 2 is 2.44 bits per heavy atom. The van der Waals surface area contributed by atoms with Crippen molar-refractivity contribution in [2.75, 3.05) is 0 Å². The zero-order valence-electron chi connectivity index (χ0n) is 5.11. The average molecular weight is 190 g/mol. The van der Waals surface area contributed by atoms with Gasteiger partial charge in [0, 0.05) is 12.2 Å². The van der Waals surface area contributed by atoms with Gasteiger partial charge >= 0.3 is 0 Å². The number of nitrogens with two attached hydrogens (primary N) is 1. The van der Waals surface area contributed by atoms with Crippen molar-refractivity contribution in [1.29, 1.82) is 0 Å². The molecule has 0 amide bonds. The highest BCUT2D eigenvalue weighted by Gasteiger charge is 1.99. The van der Waals surface area contributed by atoms with Crippen molar-refractivity contribution in [3.8, 4) is 0 Å². The molecular weight excluding hydrogens is 182 g/mol. The van der Waals surface area contributed by atoms with Crippen LogP contribution >= 0.6 is 15.9 Å². The van der Waals surface area contributed by atoms with E-state index in [0.29, 0.717) is 6.54 Å². The molecule has 0 aliphatic carbocycles. The Labute approximate surface area is 61.8 Å². The standard InChI is InChI=1S/C5H8BrN3/c1-3-4(2-7)9-5(6)8-3/h2,7H2,1H3,(H,8,9). The first-order valence-electron chi connectivity index (χ1n) is 2.65. The maximum atomic E-state index is 5.36. The summed E-state index contributed by atoms with van der Waals surface area (Å²) in [5, 5.41) is 0. The molecule has 0 aliphatic rings. The Morgan fingerprint density at radius 3 is 2.67 bits per heavy atom. The summed E-state index contributed by atoms with van der Waals surface area (Å²) in [5.41, 5.74) is 7.31. The van der Waals surface area contributed by atoms with E-state index in [1.165, 1.54) is 0 Å². The molecule has 3 N–H and O–H groups in total. The summed E-state index contributed by atoms with van der Waals surface area (Å²) in [6.07, 6.45) is 0. The molecule has 9 heavy (non-hydrogen) atoms. The lowest BCUT2D eigenvalue weighted by molar-refractivity contribution is 0.989. The first-order valence-corrected chi connectivity index (χ1v) is 3.44. The van der Waals surface area contributed by atoms with Gasteiger partial charge in [0.1, 0.15) is 0 Å². The predicted molar refractivity (Wildman–Crippen MR) is 38.9 cm³/mol. The largest absolute Gasteiger partial charge is 0.336 e. The molecule has 0 atom stereocenters. The number of nitrogens with zero attached hydrogens (tertiary/aromatic N) is 1. The highest BCUT2D eigenvalue weighted by atomic mass is 79.9. The molecule has 0 radical (unpaired) electrons. The highest BCUT2D eigenvalue weighted by Crippen LogP contribution is 2.08. The maximum Gasteiger partial charge on any atom is 0.174 e. The van der Waals surface area contributed by atoms with Crippen LogP contribution in [0.3, 0.4) is 0 Å². The van der Waals surface area contributed by atoms with Crippen LogP contribution in [-0.4, -0.2) is 9.97 Å². The van der Waals surface area contributed by atoms with E-state index >= 15 is 0 Å². The van der Waals surface area contributed by atoms with Crippen LogP contribution in [0.4, 0.5) is 0 Å². The van der Waals surface area contributed by atoms with E-state index < -0.39 is 0 Å². The minimum absolute atomic E-state index is 0.494. The van der Waals surface area contributed by atoms with Crippen molar-refractivity contribution in [2.24, 2.45) is 5.73 Å². The number of imidazole rings is 1. The van der Waals surface area contributed by atoms with E-state index in [2.05, 4.69) is 25.9 Å². The van der Waals surface area contributed by atoms with Gasteiger partial charge in [-0.2, -0.15) is 0 Å². The van der Waals surface area contributed by atoms with Crippen LogP contribution in [0, 0.1) is 6.92 Å². The molecule has 0 saturated heterocycles. The normalized spacial score (nSPS) is 10.1. The number of aromatic amines is 1. The fraction of sp³-hybridized carbons (Fsp3) is 0.400. The predicted octanol–water partition coefficient (Wildman–Crippen LogP) is 0.939. The molecule has 1 rings (SSSR count). The third kappa shape index (κ3) is 1.31. The lowest BCUT2D eigenvalue weighted by Crippen LogP contribution is -1.97. The molecule has 0 fully saturated rings. The van der Waals surface area contributed by atoms with Gasteiger partial charge < -0.3 is 10.7 Å². The molecule has 0 aliphatic heterocycles. The second-order valence-corrected chi connectivity index (χ2v) is 2.55. The Morgan fingerprint density at radius 1 is 1.78 bits per heavy atom. The zero-order valence-corrected chi connectivity index (χ0v) is 6.70. The van der Waals surface area contributed by atoms with Crippen LogP contribution in [0.15, 0.2) is 4.73 Å². The molecule has 4 heteroatoms. The van der Waals surface area contributed by atoms with Crippen LogP contribution in [0.1, 0.15) is 11.4 Å². The van der Waals surface area contributed by atoms with E-state index in [-0.39, 0.29) is 0 Å². The molecule has 1 heterocycles. The van der Waals surface area contributed by atoms with E-state index in [9.17, 15) is 0 Å². The van der Waals surface area contributed by atoms with Gasteiger partial charge in [0.05, 0.1) is 5.69 Å². The lowest BCUT2D eigenvalue weighted by Gasteiger charge is -1.86. The molecule has 0 saturated carbocycles. The number of aromatic nitrogens is 2. The van der Waals surface area contributed by atoms with Crippen molar-refractivity contribution < 1.29 is 0 Å². The molecule has 0 aromatic carbocycles. The van der Waals surface area contributed by atoms with Gasteiger partial charge in [0.2, 0.25) is 0 Å². The first-order chi connectivity index (χ1) is 4.24. The zero-order chi connectivity index (χ0) is 6.85. The van der Waals surface area contributed by atoms with E-state index in [4.69, 9.17) is 5.73 Å². The summed E-state index contributed by atoms with van der Waals surface area (Å²) < 4.78 is 0.750. The molecule has 0 bridgehead atoms. The lowest BCUT2D eigenvalue weighted by atomic mass is 10.4. The fourth-order valence-corrected chi connectivity index (χ4v) is 1.17. The summed E-state index contributed by atoms with van der Waals surface area (Å²) in [6, 6.07) is 0. The van der Waals surface area contributed by atoms with Gasteiger partial charge in [-0.05, 0) is 22.9 Å². The summed E-state index contributed by atoms with van der Waals surface area (Å²) in [7, 11) is 0. The molecule has 1 aromatic heterocycles. The SMILES string of the molecule is Cc1[nH]c(Br)nc1CN. The fourth-order valence-electron chi connectivity index (χ4n) is 0.656. The topological polar surface area (TPSA) is 54.7 Å². The number of halogens is 1. The van der Waals surface area contributed by atoms with E-state index in [1.807, 2.05) is 6.92 Å². The van der Waals surface area contributed by atoms with Gasteiger partial charge in [0.15, 0.2) is 4.73 Å². The third-order valence-corrected chi connectivity index (χ3v) is 1.53. The summed E-state index contributed by atoms with van der Waals surface area (Å²) in [6.45, 7) is 2.44. The van der Waals surface area contributed by atoms with Crippen LogP contribution < -0.4 is 5.73 Å². The minimum atomic E-state index is 0.494. The highest BCUT2D eigenvalue weighted by molar-refractivity contribution is 9.10. The Balaban J connectivity index is 3.01. The van der Waals surface area contributed by atoms with Gasteiger partial charge in [-0.1, -0.05) is 0 Å². The second kappa shape index (κ2) is 2.49. The average Bonchev–Trinajstić information content (AvgIpc) is 2.10. The molecule has 0 unspecified atom stereocenters. The Hall–Kier alpha value is -0.350. The second-order valence-electron chi connectivity index (χ2n) is 1.80. The first kappa shape index (κ1) is 6.77. The number of hydrogen-bond donors (Lipinski definition) is 2. The molecule has 1 aromatic rings. The number of aryl methyl sites for hydroxylation is 1. The number of H-pyrrole nitrogens is 1. The van der Waals surface area contributed by atoms with Crippen LogP contribution in [0.5, 0.6) is 0 Å². The number of nitrogens with one attached hydrogen (secondary N) is 1. The smallest absolute Gasteiger partial charge is 0.174 e. The Kier molecular flexibility index (Phi) is 1.87. The number of hydrogen-bond acceptors (Lipinski definition) is 2. The molecule has 50 valence electrons. The quantitative estimate of drug-likeness (QED) is 0.692. The van der Waals surface area contributed by atoms with Crippen LogP contribution in [0.25, 0.3) is 0 Å². The van der Waals surface area contributed by atoms with Crippen molar-refractivity contribution in [2.45, 2.75) is 13.5 Å². The van der Waals surface area contributed by atoms with Crippen molar-refractivity contribution in [3.05, 3.63) is 16.1 Å².